The van der Waals surface area contributed by atoms with E-state index in [2.05, 4.69) is 25.8 Å². The molecule has 7 nitrogen and oxygen atoms in total. The van der Waals surface area contributed by atoms with Gasteiger partial charge in [-0.2, -0.15) is 5.10 Å². The van der Waals surface area contributed by atoms with Crippen molar-refractivity contribution in [3.05, 3.63) is 45.5 Å². The van der Waals surface area contributed by atoms with Gasteiger partial charge >= 0.3 is 0 Å². The van der Waals surface area contributed by atoms with Crippen molar-refractivity contribution in [3.63, 3.8) is 0 Å². The van der Waals surface area contributed by atoms with Gasteiger partial charge in [-0.1, -0.05) is 17.7 Å². The number of pyridine rings is 1. The van der Waals surface area contributed by atoms with Crippen molar-refractivity contribution in [1.82, 2.24) is 15.2 Å². The molecule has 1 amide bonds. The zero-order valence-electron chi connectivity index (χ0n) is 11.3. The van der Waals surface area contributed by atoms with Gasteiger partial charge in [0.05, 0.1) is 11.9 Å². The van der Waals surface area contributed by atoms with E-state index in [-0.39, 0.29) is 17.4 Å². The Labute approximate surface area is 125 Å². The average Bonchev–Trinajstić information content (AvgIpc) is 2.46. The SMILES string of the molecule is Cc1ccc(NC(=O)CCNc2cn[nH]c(=O)c2Cl)nc1. The first-order valence-corrected chi connectivity index (χ1v) is 6.63. The van der Waals surface area contributed by atoms with E-state index < -0.39 is 5.56 Å². The summed E-state index contributed by atoms with van der Waals surface area (Å²) >= 11 is 5.80. The third-order valence-electron chi connectivity index (χ3n) is 2.64. The van der Waals surface area contributed by atoms with E-state index in [0.29, 0.717) is 18.1 Å². The van der Waals surface area contributed by atoms with Crippen LogP contribution >= 0.6 is 11.6 Å². The summed E-state index contributed by atoms with van der Waals surface area (Å²) in [4.78, 5) is 27.0. The lowest BCUT2D eigenvalue weighted by Crippen LogP contribution is -2.18. The van der Waals surface area contributed by atoms with Crippen LogP contribution in [0, 0.1) is 6.92 Å². The molecule has 0 aromatic carbocycles. The molecule has 0 aliphatic carbocycles. The molecule has 0 aliphatic heterocycles. The highest BCUT2D eigenvalue weighted by Crippen LogP contribution is 2.14. The largest absolute Gasteiger partial charge is 0.382 e. The molecule has 2 aromatic rings. The van der Waals surface area contributed by atoms with Gasteiger partial charge in [0.25, 0.3) is 5.56 Å². The number of carbonyl (C=O) groups excluding carboxylic acids is 1. The van der Waals surface area contributed by atoms with Crippen LogP contribution in [0.25, 0.3) is 0 Å². The quantitative estimate of drug-likeness (QED) is 0.778. The zero-order chi connectivity index (χ0) is 15.2. The third kappa shape index (κ3) is 4.28. The van der Waals surface area contributed by atoms with Crippen molar-refractivity contribution in [3.8, 4) is 0 Å². The molecular formula is C13H14ClN5O2. The van der Waals surface area contributed by atoms with Crippen molar-refractivity contribution in [2.45, 2.75) is 13.3 Å². The van der Waals surface area contributed by atoms with Gasteiger partial charge in [0, 0.05) is 19.2 Å². The molecule has 0 saturated carbocycles. The summed E-state index contributed by atoms with van der Waals surface area (Å²) in [7, 11) is 0. The minimum Gasteiger partial charge on any atom is -0.382 e. The van der Waals surface area contributed by atoms with Crippen LogP contribution in [0.2, 0.25) is 5.02 Å². The van der Waals surface area contributed by atoms with Crippen molar-refractivity contribution in [2.75, 3.05) is 17.2 Å². The third-order valence-corrected chi connectivity index (χ3v) is 3.02. The number of H-pyrrole nitrogens is 1. The fourth-order valence-corrected chi connectivity index (χ4v) is 1.72. The molecule has 0 atom stereocenters. The molecular weight excluding hydrogens is 294 g/mol. The number of amides is 1. The van der Waals surface area contributed by atoms with E-state index >= 15 is 0 Å². The summed E-state index contributed by atoms with van der Waals surface area (Å²) in [5.41, 5.74) is 0.933. The van der Waals surface area contributed by atoms with Crippen molar-refractivity contribution < 1.29 is 4.79 Å². The predicted octanol–water partition coefficient (Wildman–Crippen LogP) is 1.57. The predicted molar refractivity (Wildman–Crippen MR) is 80.6 cm³/mol. The monoisotopic (exact) mass is 307 g/mol. The van der Waals surface area contributed by atoms with Crippen LogP contribution < -0.4 is 16.2 Å². The number of anilines is 2. The molecule has 0 aliphatic rings. The number of aromatic nitrogens is 3. The molecule has 110 valence electrons. The summed E-state index contributed by atoms with van der Waals surface area (Å²) in [6.07, 6.45) is 3.28. The van der Waals surface area contributed by atoms with E-state index in [4.69, 9.17) is 11.6 Å². The molecule has 0 bridgehead atoms. The maximum Gasteiger partial charge on any atom is 0.285 e. The van der Waals surface area contributed by atoms with Crippen LogP contribution in [0.1, 0.15) is 12.0 Å². The number of hydrogen-bond acceptors (Lipinski definition) is 5. The second-order valence-electron chi connectivity index (χ2n) is 4.37. The first kappa shape index (κ1) is 15.0. The maximum atomic E-state index is 11.7. The number of rotatable bonds is 5. The molecule has 8 heteroatoms. The number of halogens is 1. The summed E-state index contributed by atoms with van der Waals surface area (Å²) in [5, 5.41) is 11.4. The van der Waals surface area contributed by atoms with E-state index in [9.17, 15) is 9.59 Å². The Kier molecular flexibility index (Phi) is 4.89. The lowest BCUT2D eigenvalue weighted by atomic mass is 10.3. The number of aryl methyl sites for hydroxylation is 1. The number of carbonyl (C=O) groups is 1. The van der Waals surface area contributed by atoms with Gasteiger partial charge in [-0.3, -0.25) is 9.59 Å². The highest BCUT2D eigenvalue weighted by atomic mass is 35.5. The zero-order valence-corrected chi connectivity index (χ0v) is 12.1. The Hall–Kier alpha value is -2.41. The van der Waals surface area contributed by atoms with E-state index in [0.717, 1.165) is 5.56 Å². The number of nitrogens with zero attached hydrogens (tertiary/aromatic N) is 2. The van der Waals surface area contributed by atoms with E-state index in [1.54, 1.807) is 12.3 Å². The highest BCUT2D eigenvalue weighted by Gasteiger charge is 2.06. The maximum absolute atomic E-state index is 11.7. The van der Waals surface area contributed by atoms with Gasteiger partial charge in [0.15, 0.2) is 0 Å². The first-order valence-electron chi connectivity index (χ1n) is 6.26. The molecule has 2 heterocycles. The normalized spacial score (nSPS) is 10.2. The Morgan fingerprint density at radius 2 is 2.19 bits per heavy atom. The molecule has 2 rings (SSSR count). The Morgan fingerprint density at radius 3 is 2.90 bits per heavy atom. The lowest BCUT2D eigenvalue weighted by Gasteiger charge is -2.07. The van der Waals surface area contributed by atoms with Crippen LogP contribution in [0.5, 0.6) is 0 Å². The summed E-state index contributed by atoms with van der Waals surface area (Å²) < 4.78 is 0. The molecule has 0 unspecified atom stereocenters. The van der Waals surface area contributed by atoms with Gasteiger partial charge in [0.1, 0.15) is 10.8 Å². The Balaban J connectivity index is 1.83. The minimum atomic E-state index is -0.477. The fraction of sp³-hybridized carbons (Fsp3) is 0.231. The van der Waals surface area contributed by atoms with Gasteiger partial charge in [-0.05, 0) is 18.6 Å². The standard InChI is InChI=1S/C13H14ClN5O2/c1-8-2-3-10(16-6-8)18-11(20)4-5-15-9-7-17-19-13(21)12(9)14/h2-3,6-7H,4-5H2,1H3,(H2,15,19,21)(H,16,18,20). The van der Waals surface area contributed by atoms with Crippen LogP contribution in [-0.2, 0) is 4.79 Å². The number of hydrogen-bond donors (Lipinski definition) is 3. The summed E-state index contributed by atoms with van der Waals surface area (Å²) in [5.74, 6) is 0.314. The van der Waals surface area contributed by atoms with Crippen LogP contribution in [0.3, 0.4) is 0 Å². The van der Waals surface area contributed by atoms with Crippen molar-refractivity contribution >= 4 is 29.0 Å². The number of nitrogens with one attached hydrogen (secondary N) is 3. The Bertz CT molecular complexity index is 684. The molecule has 0 fully saturated rings. The smallest absolute Gasteiger partial charge is 0.285 e. The fourth-order valence-electron chi connectivity index (χ4n) is 1.56. The van der Waals surface area contributed by atoms with Crippen LogP contribution in [0.15, 0.2) is 29.3 Å². The summed E-state index contributed by atoms with van der Waals surface area (Å²) in [6, 6.07) is 3.60. The second-order valence-corrected chi connectivity index (χ2v) is 4.75. The van der Waals surface area contributed by atoms with E-state index in [1.165, 1.54) is 6.20 Å². The number of aromatic amines is 1. The molecule has 2 aromatic heterocycles. The Morgan fingerprint density at radius 1 is 1.38 bits per heavy atom. The molecule has 21 heavy (non-hydrogen) atoms. The average molecular weight is 308 g/mol. The van der Waals surface area contributed by atoms with Gasteiger partial charge in [0.2, 0.25) is 5.91 Å². The van der Waals surface area contributed by atoms with E-state index in [1.807, 2.05) is 13.0 Å². The first-order chi connectivity index (χ1) is 10.1. The van der Waals surface area contributed by atoms with Crippen molar-refractivity contribution in [1.29, 1.82) is 0 Å². The van der Waals surface area contributed by atoms with Gasteiger partial charge < -0.3 is 10.6 Å². The highest BCUT2D eigenvalue weighted by molar-refractivity contribution is 6.32. The van der Waals surface area contributed by atoms with Crippen LogP contribution in [-0.4, -0.2) is 27.6 Å². The lowest BCUT2D eigenvalue weighted by molar-refractivity contribution is -0.116. The topological polar surface area (TPSA) is 99.8 Å². The molecule has 0 radical (unpaired) electrons. The van der Waals surface area contributed by atoms with Gasteiger partial charge in [-0.15, -0.1) is 0 Å². The molecule has 0 spiro atoms. The molecule has 3 N–H and O–H groups in total. The minimum absolute atomic E-state index is 0.0191. The van der Waals surface area contributed by atoms with Gasteiger partial charge in [-0.25, -0.2) is 10.1 Å². The van der Waals surface area contributed by atoms with Crippen LogP contribution in [0.4, 0.5) is 11.5 Å². The van der Waals surface area contributed by atoms with Crippen molar-refractivity contribution in [2.24, 2.45) is 0 Å². The summed E-state index contributed by atoms with van der Waals surface area (Å²) in [6.45, 7) is 2.24. The second kappa shape index (κ2) is 6.85. The molecule has 0 saturated heterocycles.